The number of thioether (sulfide) groups is 4. The first-order valence-electron chi connectivity index (χ1n) is 58.7. The van der Waals surface area contributed by atoms with Gasteiger partial charge in [-0.05, 0) is 148 Å². The first kappa shape index (κ1) is 78.7. The summed E-state index contributed by atoms with van der Waals surface area (Å²) in [7, 11) is 0. The summed E-state index contributed by atoms with van der Waals surface area (Å²) in [5.74, 6) is -3.44. The van der Waals surface area contributed by atoms with Gasteiger partial charge in [-0.1, -0.05) is 144 Å². The summed E-state index contributed by atoms with van der Waals surface area (Å²) in [4.78, 5) is 36.3. The van der Waals surface area contributed by atoms with Crippen molar-refractivity contribution < 1.29 is 131 Å². The Morgan fingerprint density at radius 3 is 0.847 bits per heavy atom. The SMILES string of the molecule is [2H]c1c([2H])c([C@@H]2C[C@@]2([2H])Nc2nc(SCCC)nc3c2nnn3[C@@H]2C[C@H](OC([2H])([2H])C([2H])([2H])O)[C@@H](O)[C@H]2O)c([2H])c(F)c1C.[2H]c1c([2H])c([C@@H]2C[C@@]2([2H])Nc2nc(SCCC)nc3c2nnn3[C@@H]2C[C@H](OC([2H])([2H])CO)[C@@H](O)[C@H]2O)c([2H])c(F)c1C.[2H]c1c([2H])c([C@@H]2C[C@@]2([2H])Nc2nc(SCCC)nc3c2nnn3[C@@H]2C[C@H](OCC([2H])([2H])O)[C@@H](O)[C@H]2O)c([2H])c(F)c1C.[2H]c1c([2H])c([C@@H]2C[C@@]2([2H])Nc2nc(SCCC)nc3c2nnn3[C@@H]2C[C@H](OCCO)[C@@H](O)[C@H]2O)c([2H])c(F)c1C. The number of nitrogens with one attached hydrogen (secondary N) is 4. The molecule has 16 N–H and O–H groups in total. The topological polar surface area (TPSA) is 554 Å². The molecule has 0 unspecified atom stereocenters. The number of hydrogen-bond acceptors (Lipinski definition) is 40. The van der Waals surface area contributed by atoms with Gasteiger partial charge in [0.1, 0.15) is 72.1 Å². The van der Waals surface area contributed by atoms with Crippen LogP contribution in [0.5, 0.6) is 0 Å². The van der Waals surface area contributed by atoms with E-state index in [2.05, 4.69) is 102 Å². The zero-order chi connectivity index (χ0) is 123. The van der Waals surface area contributed by atoms with Crippen LogP contribution in [0.4, 0.5) is 40.8 Å². The fraction of sp³-hybridized carbons (Fsp3) is 0.583. The van der Waals surface area contributed by atoms with E-state index in [9.17, 15) is 73.7 Å². The van der Waals surface area contributed by atoms with E-state index in [-0.39, 0.29) is 231 Å². The Hall–Kier alpha value is -9.52. The highest BCUT2D eigenvalue weighted by atomic mass is 32.2. The molecule has 0 bridgehead atoms. The minimum Gasteiger partial charge on any atom is -0.394 e. The number of rotatable bonds is 40. The Morgan fingerprint density at radius 2 is 0.604 bits per heavy atom. The second-order valence-electron chi connectivity index (χ2n) is 35.3. The summed E-state index contributed by atoms with van der Waals surface area (Å²) in [6.45, 7) is -0.262. The third-order valence-electron chi connectivity index (χ3n) is 25.0. The summed E-state index contributed by atoms with van der Waals surface area (Å²) in [6.07, 6.45) is -12.1. The van der Waals surface area contributed by atoms with E-state index in [0.717, 1.165) is 25.7 Å². The van der Waals surface area contributed by atoms with Gasteiger partial charge in [0.2, 0.25) is 0 Å². The normalized spacial score (nSPS) is 32.4. The van der Waals surface area contributed by atoms with Gasteiger partial charge in [-0.2, -0.15) is 0 Å². The van der Waals surface area contributed by atoms with Crippen molar-refractivity contribution in [3.8, 4) is 0 Å². The second kappa shape index (κ2) is 47.3. The molecule has 0 radical (unpaired) electrons. The number of ether oxygens (including phenoxy) is 4. The Bertz CT molecular complexity index is 7730. The van der Waals surface area contributed by atoms with Crippen LogP contribution >= 0.6 is 47.0 Å². The van der Waals surface area contributed by atoms with Crippen molar-refractivity contribution in [1.29, 1.82) is 0 Å². The molecule has 144 heavy (non-hydrogen) atoms. The van der Waals surface area contributed by atoms with Crippen LogP contribution in [0.25, 0.3) is 44.7 Å². The van der Waals surface area contributed by atoms with Crippen molar-refractivity contribution in [2.75, 3.05) is 96.9 Å². The van der Waals surface area contributed by atoms with Crippen LogP contribution in [-0.2, 0) is 18.9 Å². The summed E-state index contributed by atoms with van der Waals surface area (Å²) in [5, 5.41) is 169. The molecule has 8 saturated carbocycles. The summed E-state index contributed by atoms with van der Waals surface area (Å²) >= 11 is 5.34. The number of aromatic nitrogens is 20. The molecule has 8 aromatic heterocycles. The highest BCUT2D eigenvalue weighted by Crippen LogP contribution is 2.50. The molecule has 48 heteroatoms. The van der Waals surface area contributed by atoms with E-state index in [4.69, 9.17) is 57.0 Å². The number of aliphatic hydroxyl groups excluding tert-OH is 10. The molecule has 20 rings (SSSR count). The molecule has 0 spiro atoms. The van der Waals surface area contributed by atoms with Gasteiger partial charge >= 0.3 is 0 Å². The number of benzene rings is 4. The lowest BCUT2D eigenvalue weighted by molar-refractivity contribution is -0.0629. The van der Waals surface area contributed by atoms with Crippen molar-refractivity contribution >= 4 is 115 Å². The number of halogens is 4. The lowest BCUT2D eigenvalue weighted by Gasteiger charge is -2.17. The molecular weight excluding hydrogens is 1950 g/mol. The molecule has 8 heterocycles. The predicted octanol–water partition coefficient (Wildman–Crippen LogP) is 8.73. The van der Waals surface area contributed by atoms with Gasteiger partial charge in [0.25, 0.3) is 0 Å². The predicted molar refractivity (Wildman–Crippen MR) is 530 cm³/mol. The van der Waals surface area contributed by atoms with E-state index in [1.54, 1.807) is 0 Å². The molecule has 12 aromatic rings. The van der Waals surface area contributed by atoms with Gasteiger partial charge < -0.3 is 101 Å². The van der Waals surface area contributed by atoms with Crippen LogP contribution in [0.1, 0.15) is 230 Å². The van der Waals surface area contributed by atoms with Gasteiger partial charge in [-0.3, -0.25) is 0 Å². The second-order valence-corrected chi connectivity index (χ2v) is 39.5. The average molecular weight is 2100 g/mol. The quantitative estimate of drug-likeness (QED) is 0.00969. The van der Waals surface area contributed by atoms with Gasteiger partial charge in [-0.25, -0.2) is 76.2 Å². The zero-order valence-electron chi connectivity index (χ0n) is 103. The van der Waals surface area contributed by atoms with Crippen molar-refractivity contribution in [1.82, 2.24) is 99.8 Å². The summed E-state index contributed by atoms with van der Waals surface area (Å²) in [6, 6.07) is -14.0. The van der Waals surface area contributed by atoms with Crippen LogP contribution < -0.4 is 21.3 Å². The van der Waals surface area contributed by atoms with E-state index < -0.39 is 232 Å². The van der Waals surface area contributed by atoms with Crippen molar-refractivity contribution in [2.24, 2.45) is 0 Å². The number of aliphatic hydroxyl groups is 12. The lowest BCUT2D eigenvalue weighted by Crippen LogP contribution is -2.33. The highest BCUT2D eigenvalue weighted by Gasteiger charge is 2.51. The molecule has 0 saturated heterocycles. The number of anilines is 4. The summed E-state index contributed by atoms with van der Waals surface area (Å²) < 4.78 is 279. The van der Waals surface area contributed by atoms with Crippen LogP contribution in [0.3, 0.4) is 0 Å². The molecule has 8 aliphatic rings. The summed E-state index contributed by atoms with van der Waals surface area (Å²) in [5.41, 5.74) is 0.827. The van der Waals surface area contributed by atoms with Gasteiger partial charge in [0.05, 0.1) is 134 Å². The lowest BCUT2D eigenvalue weighted by atomic mass is 10.1. The molecule has 4 aromatic carbocycles. The molecule has 24 atom stereocenters. The average Bonchev–Trinajstić information content (AvgIpc) is 1.57. The third-order valence-corrected chi connectivity index (χ3v) is 29.2. The van der Waals surface area contributed by atoms with Crippen molar-refractivity contribution in [3.63, 3.8) is 0 Å². The fourth-order valence-electron chi connectivity index (χ4n) is 17.0. The van der Waals surface area contributed by atoms with Gasteiger partial charge in [0, 0.05) is 96.4 Å². The third kappa shape index (κ3) is 23.8. The van der Waals surface area contributed by atoms with E-state index >= 15 is 0 Å². The molecule has 8 aliphatic carbocycles. The van der Waals surface area contributed by atoms with Gasteiger partial charge in [0.15, 0.2) is 88.6 Å². The maximum absolute atomic E-state index is 14.6. The Balaban J connectivity index is 0.000000149. The number of nitrogens with zero attached hydrogens (tertiary/aromatic N) is 20. The first-order valence-corrected chi connectivity index (χ1v) is 50.7. The minimum atomic E-state index is -3.39. The monoisotopic (exact) mass is 2100 g/mol. The Morgan fingerprint density at radius 1 is 0.347 bits per heavy atom. The van der Waals surface area contributed by atoms with Crippen molar-refractivity contribution in [3.05, 3.63) is 140 Å². The van der Waals surface area contributed by atoms with Crippen LogP contribution in [0.15, 0.2) is 93.1 Å². The highest BCUT2D eigenvalue weighted by molar-refractivity contribution is 7.99. The molecule has 776 valence electrons. The molecule has 40 nitrogen and oxygen atoms in total. The number of hydrogen-bond donors (Lipinski definition) is 16. The zero-order valence-corrected chi connectivity index (χ0v) is 82.0. The molecule has 8 fully saturated rings. The van der Waals surface area contributed by atoms with Crippen LogP contribution in [0.2, 0.25) is 0 Å². The van der Waals surface area contributed by atoms with Crippen LogP contribution in [0, 0.1) is 51.0 Å². The smallest absolute Gasteiger partial charge is 0.191 e. The molecule has 0 aliphatic heterocycles. The molecule has 0 amide bonds. The molecular formula is C96H124F4N24O16S4. The fourth-order valence-corrected chi connectivity index (χ4v) is 19.7. The number of fused-ring (bicyclic) bond motifs is 4. The largest absolute Gasteiger partial charge is 0.394 e. The van der Waals surface area contributed by atoms with E-state index in [0.29, 0.717) is 38.5 Å². The Labute approximate surface area is 877 Å². The maximum atomic E-state index is 14.6. The maximum Gasteiger partial charge on any atom is 0.191 e. The standard InChI is InChI=1S/4C24H31FN6O4S/c4*1-3-8-36-24-27-22(26-16-10-14(16)13-5-4-12(2)15(25)9-13)19-23(28-24)31(30-29-19)17-11-18(35-7-6-32)21(34)20(17)33/h4*4-5,9,14,16-18,20-21,32-34H,3,6-8,10-11H2,1-2H3,(H,26,27,28)/t4*14-,16+,17+,18-,20-,21+/m0000/s1/i4D,5D,6D2,7D2,9D,16D;4D,5D,7D2,9D,16D;4D,5D,6D2,9D,16D;4D,5D,9D,16D. The van der Waals surface area contributed by atoms with Crippen molar-refractivity contribution in [2.45, 2.75) is 298 Å². The van der Waals surface area contributed by atoms with Gasteiger partial charge in [-0.15, -0.1) is 20.4 Å². The Kier molecular flexibility index (Phi) is 25.9. The van der Waals surface area contributed by atoms with E-state index in [1.165, 1.54) is 93.5 Å². The minimum absolute atomic E-state index is 0.00197. The van der Waals surface area contributed by atoms with E-state index in [1.807, 2.05) is 27.7 Å². The first-order chi connectivity index (χ1) is 78.8. The van der Waals surface area contributed by atoms with Crippen LogP contribution in [-0.4, -0.2) is 334 Å².